The second kappa shape index (κ2) is 2.95. The molecule has 10 heavy (non-hydrogen) atoms. The van der Waals surface area contributed by atoms with Crippen LogP contribution in [0.1, 0.15) is 6.92 Å². The van der Waals surface area contributed by atoms with Crippen LogP contribution >= 0.6 is 0 Å². The highest BCUT2D eigenvalue weighted by Crippen LogP contribution is 1.78. The van der Waals surface area contributed by atoms with Gasteiger partial charge in [0.25, 0.3) is 0 Å². The minimum absolute atomic E-state index is 0.360. The Morgan fingerprint density at radius 2 is 2.60 bits per heavy atom. The van der Waals surface area contributed by atoms with Crippen molar-refractivity contribution in [3.63, 3.8) is 0 Å². The maximum atomic E-state index is 9.98. The van der Waals surface area contributed by atoms with E-state index in [9.17, 15) is 4.79 Å². The van der Waals surface area contributed by atoms with Crippen LogP contribution in [-0.4, -0.2) is 27.4 Å². The molecule has 1 atom stereocenters. The van der Waals surface area contributed by atoms with Gasteiger partial charge in [-0.05, 0) is 12.1 Å². The molecule has 0 spiro atoms. The minimum atomic E-state index is -0.360. The summed E-state index contributed by atoms with van der Waals surface area (Å²) in [6.45, 7) is 1.68. The first kappa shape index (κ1) is 6.73. The second-order valence-electron chi connectivity index (χ2n) is 1.82. The normalized spacial score (nSPS) is 12.5. The van der Waals surface area contributed by atoms with E-state index in [4.69, 9.17) is 0 Å². The molecule has 5 nitrogen and oxygen atoms in total. The lowest BCUT2D eigenvalue weighted by Gasteiger charge is -2.04. The summed E-state index contributed by atoms with van der Waals surface area (Å²) in [4.78, 5) is 11.3. The first-order valence-corrected chi connectivity index (χ1v) is 2.83. The summed E-state index contributed by atoms with van der Waals surface area (Å²) in [6, 6.07) is -0.360. The zero-order valence-electron chi connectivity index (χ0n) is 5.48. The summed E-state index contributed by atoms with van der Waals surface area (Å²) < 4.78 is 0. The Labute approximate surface area is 58.0 Å². The lowest BCUT2D eigenvalue weighted by Crippen LogP contribution is -2.26. The van der Waals surface area contributed by atoms with E-state index < -0.39 is 0 Å². The molecule has 1 aromatic rings. The molecule has 1 aromatic heterocycles. The predicted molar refractivity (Wildman–Crippen MR) is 34.5 cm³/mol. The van der Waals surface area contributed by atoms with E-state index in [0.717, 1.165) is 0 Å². The number of rotatable bonds is 3. The van der Waals surface area contributed by atoms with Gasteiger partial charge in [-0.25, -0.2) is 0 Å². The van der Waals surface area contributed by atoms with Crippen molar-refractivity contribution in [3.05, 3.63) is 12.4 Å². The fraction of sp³-hybridized carbons (Fsp3) is 0.400. The Bertz CT molecular complexity index is 195. The van der Waals surface area contributed by atoms with Crippen LogP contribution in [-0.2, 0) is 4.79 Å². The summed E-state index contributed by atoms with van der Waals surface area (Å²) in [7, 11) is 0. The van der Waals surface area contributed by atoms with Crippen molar-refractivity contribution in [1.29, 1.82) is 0 Å². The summed E-state index contributed by atoms with van der Waals surface area (Å²) in [5, 5.41) is 7.11. The molecule has 1 radical (unpaired) electrons. The molecule has 1 rings (SSSR count). The monoisotopic (exact) mass is 139 g/mol. The van der Waals surface area contributed by atoms with Crippen LogP contribution in [0.5, 0.6) is 0 Å². The molecular weight excluding hydrogens is 132 g/mol. The predicted octanol–water partition coefficient (Wildman–Crippen LogP) is -0.680. The van der Waals surface area contributed by atoms with E-state index in [0.29, 0.717) is 0 Å². The number of hydrogen-bond acceptors (Lipinski definition) is 4. The molecular formula is C5H7N4O. The number of aromatic nitrogens is 3. The second-order valence-corrected chi connectivity index (χ2v) is 1.82. The van der Waals surface area contributed by atoms with Crippen LogP contribution in [0.4, 0.5) is 0 Å². The molecule has 0 unspecified atom stereocenters. The van der Waals surface area contributed by atoms with Gasteiger partial charge in [0.15, 0.2) is 0 Å². The third-order valence-electron chi connectivity index (χ3n) is 0.925. The summed E-state index contributed by atoms with van der Waals surface area (Å²) in [5.41, 5.74) is 2.69. The zero-order chi connectivity index (χ0) is 7.40. The topological polar surface area (TPSA) is 59.8 Å². The maximum absolute atomic E-state index is 9.98. The van der Waals surface area contributed by atoms with Gasteiger partial charge < -0.3 is 0 Å². The fourth-order valence-corrected chi connectivity index (χ4v) is 0.502. The largest absolute Gasteiger partial charge is 0.298 e. The number of nitrogens with zero attached hydrogens (tertiary/aromatic N) is 3. The van der Waals surface area contributed by atoms with Gasteiger partial charge in [0.05, 0.1) is 12.4 Å². The summed E-state index contributed by atoms with van der Waals surface area (Å²) >= 11 is 0. The lowest BCUT2D eigenvalue weighted by atomic mass is 10.4. The molecule has 0 saturated carbocycles. The molecule has 0 bridgehead atoms. The first-order valence-electron chi connectivity index (χ1n) is 2.83. The Morgan fingerprint density at radius 1 is 1.80 bits per heavy atom. The number of nitrogens with one attached hydrogen (secondary N) is 1. The first-order chi connectivity index (χ1) is 4.83. The van der Waals surface area contributed by atoms with Crippen molar-refractivity contribution in [3.8, 4) is 0 Å². The van der Waals surface area contributed by atoms with Gasteiger partial charge >= 0.3 is 0 Å². The van der Waals surface area contributed by atoms with Crippen molar-refractivity contribution < 1.29 is 4.79 Å². The van der Waals surface area contributed by atoms with E-state index in [2.05, 4.69) is 15.7 Å². The third kappa shape index (κ3) is 1.54. The van der Waals surface area contributed by atoms with E-state index in [1.807, 2.05) is 0 Å². The van der Waals surface area contributed by atoms with Crippen molar-refractivity contribution in [2.75, 3.05) is 5.43 Å². The van der Waals surface area contributed by atoms with Crippen LogP contribution in [0.25, 0.3) is 0 Å². The molecule has 1 N–H and O–H groups in total. The van der Waals surface area contributed by atoms with Gasteiger partial charge in [-0.3, -0.25) is 10.2 Å². The molecule has 0 aliphatic rings. The minimum Gasteiger partial charge on any atom is -0.298 e. The van der Waals surface area contributed by atoms with Crippen LogP contribution in [0.2, 0.25) is 0 Å². The average molecular weight is 139 g/mol. The average Bonchev–Trinajstić information content (AvgIpc) is 2.40. The van der Waals surface area contributed by atoms with Gasteiger partial charge in [-0.2, -0.15) is 4.79 Å². The summed E-state index contributed by atoms with van der Waals surface area (Å²) in [5.74, 6) is 0. The molecule has 0 aliphatic heterocycles. The van der Waals surface area contributed by atoms with Gasteiger partial charge in [-0.15, -0.1) is 5.10 Å². The third-order valence-corrected chi connectivity index (χ3v) is 0.925. The SMILES string of the molecule is C[C@@H]([C]=O)Nn1ccnn1. The fourth-order valence-electron chi connectivity index (χ4n) is 0.502. The molecule has 0 amide bonds. The molecule has 0 fully saturated rings. The Balaban J connectivity index is 2.47. The van der Waals surface area contributed by atoms with Crippen molar-refractivity contribution in [2.24, 2.45) is 0 Å². The Kier molecular flexibility index (Phi) is 1.99. The van der Waals surface area contributed by atoms with Crippen LogP contribution in [0, 0.1) is 0 Å². The van der Waals surface area contributed by atoms with Crippen molar-refractivity contribution in [2.45, 2.75) is 13.0 Å². The molecule has 0 saturated heterocycles. The smallest absolute Gasteiger partial charge is 0.224 e. The Hall–Kier alpha value is -1.39. The molecule has 0 aromatic carbocycles. The van der Waals surface area contributed by atoms with E-state index >= 15 is 0 Å². The van der Waals surface area contributed by atoms with Crippen LogP contribution in [0.15, 0.2) is 12.4 Å². The van der Waals surface area contributed by atoms with E-state index in [1.165, 1.54) is 11.0 Å². The van der Waals surface area contributed by atoms with Crippen molar-refractivity contribution >= 4 is 6.29 Å². The molecule has 1 heterocycles. The van der Waals surface area contributed by atoms with Gasteiger partial charge in [0.1, 0.15) is 6.04 Å². The van der Waals surface area contributed by atoms with Crippen molar-refractivity contribution in [1.82, 2.24) is 15.1 Å². The molecule has 53 valence electrons. The standard InChI is InChI=1S/C5H7N4O/c1-5(4-10)7-9-3-2-6-8-9/h2-3,5,7H,1H3/t5-/m0/s1. The highest BCUT2D eigenvalue weighted by atomic mass is 16.1. The van der Waals surface area contributed by atoms with Crippen LogP contribution < -0.4 is 5.43 Å². The van der Waals surface area contributed by atoms with Gasteiger partial charge in [0.2, 0.25) is 6.29 Å². The van der Waals surface area contributed by atoms with Crippen LogP contribution in [0.3, 0.4) is 0 Å². The van der Waals surface area contributed by atoms with Gasteiger partial charge in [-0.1, -0.05) is 0 Å². The quantitative estimate of drug-likeness (QED) is 0.602. The highest BCUT2D eigenvalue weighted by molar-refractivity contribution is 5.59. The lowest BCUT2D eigenvalue weighted by molar-refractivity contribution is 0.540. The highest BCUT2D eigenvalue weighted by Gasteiger charge is 1.97. The van der Waals surface area contributed by atoms with E-state index in [-0.39, 0.29) is 6.04 Å². The number of carbonyl (C=O) groups excluding carboxylic acids is 1. The number of hydrogen-bond donors (Lipinski definition) is 1. The zero-order valence-corrected chi connectivity index (χ0v) is 5.48. The van der Waals surface area contributed by atoms with E-state index in [1.54, 1.807) is 19.4 Å². The maximum Gasteiger partial charge on any atom is 0.224 e. The Morgan fingerprint density at radius 3 is 3.10 bits per heavy atom. The summed E-state index contributed by atoms with van der Waals surface area (Å²) in [6.07, 6.45) is 4.88. The molecule has 5 heteroatoms. The van der Waals surface area contributed by atoms with Gasteiger partial charge in [0, 0.05) is 0 Å². The molecule has 0 aliphatic carbocycles.